The molecule has 0 bridgehead atoms. The maximum atomic E-state index is 14.1. The number of furan rings is 1. The summed E-state index contributed by atoms with van der Waals surface area (Å²) in [5, 5.41) is 25.8. The van der Waals surface area contributed by atoms with Gasteiger partial charge in [0.2, 0.25) is 12.0 Å². The van der Waals surface area contributed by atoms with Gasteiger partial charge >= 0.3 is 5.97 Å². The number of carboxylic acid groups (broad SMARTS) is 1. The molecule has 3 atom stereocenters. The number of rotatable bonds is 11. The molecule has 1 unspecified atom stereocenters. The zero-order chi connectivity index (χ0) is 41.9. The first kappa shape index (κ1) is 39.7. The zero-order valence-corrected chi connectivity index (χ0v) is 33.1. The number of nitrogens with one attached hydrogen (secondary N) is 2. The summed E-state index contributed by atoms with van der Waals surface area (Å²) in [4.78, 5) is 55.1. The highest BCUT2D eigenvalue weighted by molar-refractivity contribution is 6.42. The highest BCUT2D eigenvalue weighted by atomic mass is 35.5. The van der Waals surface area contributed by atoms with Crippen molar-refractivity contribution in [2.24, 2.45) is 0 Å². The standard InChI is InChI=1S/C46H34Cl2N4O8/c47-35-16-7-28(18-36(35)48)25-59-34-14-12-31(13-15-34)42-44(54)50-37-20-32-21-39(52(24-33(32)22-41(37)60-42)45(55)40-2-1-17-58-40)43(53)51-38(46(56)57)19-26-3-8-29(9-4-26)30-10-5-27(23-49)6-11-30/h1-18,20,22,38-39,42H,19,21,24-25H2,(H,50,54)(H,51,53)(H,56,57)/t38?,39-,42-/m0/s1. The number of hydrogen-bond donors (Lipinski definition) is 3. The number of carbonyl (C=O) groups is 4. The second kappa shape index (κ2) is 17.0. The van der Waals surface area contributed by atoms with E-state index in [9.17, 15) is 24.3 Å². The van der Waals surface area contributed by atoms with Gasteiger partial charge in [-0.2, -0.15) is 5.26 Å². The number of ether oxygens (including phenoxy) is 2. The minimum Gasteiger partial charge on any atom is -0.489 e. The van der Waals surface area contributed by atoms with Crippen LogP contribution in [0.15, 0.2) is 126 Å². The van der Waals surface area contributed by atoms with Crippen molar-refractivity contribution < 1.29 is 38.2 Å². The zero-order valence-electron chi connectivity index (χ0n) is 31.6. The van der Waals surface area contributed by atoms with Gasteiger partial charge in [0, 0.05) is 24.9 Å². The highest BCUT2D eigenvalue weighted by Gasteiger charge is 2.39. The van der Waals surface area contributed by atoms with E-state index in [0.29, 0.717) is 55.0 Å². The number of nitriles is 1. The van der Waals surface area contributed by atoms with E-state index in [1.165, 1.54) is 17.2 Å². The van der Waals surface area contributed by atoms with E-state index in [2.05, 4.69) is 16.7 Å². The number of nitrogens with zero attached hydrogens (tertiary/aromatic N) is 2. The van der Waals surface area contributed by atoms with Crippen LogP contribution in [-0.4, -0.2) is 45.8 Å². The summed E-state index contributed by atoms with van der Waals surface area (Å²) < 4.78 is 17.6. The Morgan fingerprint density at radius 3 is 2.28 bits per heavy atom. The summed E-state index contributed by atoms with van der Waals surface area (Å²) in [5.74, 6) is -1.90. The molecule has 0 radical (unpaired) electrons. The van der Waals surface area contributed by atoms with E-state index in [-0.39, 0.29) is 31.8 Å². The summed E-state index contributed by atoms with van der Waals surface area (Å²) >= 11 is 12.1. The lowest BCUT2D eigenvalue weighted by molar-refractivity contribution is -0.142. The molecule has 12 nitrogen and oxygen atoms in total. The van der Waals surface area contributed by atoms with Crippen molar-refractivity contribution in [3.63, 3.8) is 0 Å². The van der Waals surface area contributed by atoms with Gasteiger partial charge in [0.15, 0.2) is 5.76 Å². The van der Waals surface area contributed by atoms with Crippen molar-refractivity contribution in [3.05, 3.63) is 171 Å². The first-order valence-electron chi connectivity index (χ1n) is 18.8. The summed E-state index contributed by atoms with van der Waals surface area (Å²) in [5.41, 5.74) is 6.15. The number of benzene rings is 5. The molecule has 3 N–H and O–H groups in total. The number of amides is 3. The monoisotopic (exact) mass is 840 g/mol. The van der Waals surface area contributed by atoms with Gasteiger partial charge in [0.1, 0.15) is 30.2 Å². The first-order chi connectivity index (χ1) is 29.0. The van der Waals surface area contributed by atoms with Crippen molar-refractivity contribution in [2.75, 3.05) is 5.32 Å². The van der Waals surface area contributed by atoms with Gasteiger partial charge in [0.05, 0.1) is 33.6 Å². The van der Waals surface area contributed by atoms with Gasteiger partial charge in [-0.3, -0.25) is 14.4 Å². The van der Waals surface area contributed by atoms with Crippen LogP contribution in [0.4, 0.5) is 5.69 Å². The molecule has 300 valence electrons. The normalized spacial score (nSPS) is 15.9. The smallest absolute Gasteiger partial charge is 0.326 e. The lowest BCUT2D eigenvalue weighted by atomic mass is 9.91. The van der Waals surface area contributed by atoms with Crippen molar-refractivity contribution in [1.82, 2.24) is 10.2 Å². The predicted molar refractivity (Wildman–Crippen MR) is 222 cm³/mol. The Labute approximate surface area is 353 Å². The van der Waals surface area contributed by atoms with Gasteiger partial charge in [-0.25, -0.2) is 4.79 Å². The van der Waals surface area contributed by atoms with Gasteiger partial charge in [0.25, 0.3) is 11.8 Å². The van der Waals surface area contributed by atoms with E-state index < -0.39 is 41.9 Å². The van der Waals surface area contributed by atoms with Crippen molar-refractivity contribution >= 4 is 52.6 Å². The second-order valence-corrected chi connectivity index (χ2v) is 15.1. The third-order valence-corrected chi connectivity index (χ3v) is 11.1. The molecule has 3 heterocycles. The molecular weight excluding hydrogens is 807 g/mol. The molecule has 0 saturated heterocycles. The quantitative estimate of drug-likeness (QED) is 0.116. The molecule has 2 aliphatic rings. The minimum absolute atomic E-state index is 0.0133. The Bertz CT molecular complexity index is 2640. The molecule has 1 aromatic heterocycles. The number of carbonyl (C=O) groups excluding carboxylic acids is 3. The van der Waals surface area contributed by atoms with Gasteiger partial charge in [-0.15, -0.1) is 0 Å². The molecular formula is C46H34Cl2N4O8. The topological polar surface area (TPSA) is 171 Å². The largest absolute Gasteiger partial charge is 0.489 e. The van der Waals surface area contributed by atoms with Gasteiger partial charge in [-0.1, -0.05) is 77.8 Å². The summed E-state index contributed by atoms with van der Waals surface area (Å²) in [7, 11) is 0. The lowest BCUT2D eigenvalue weighted by Gasteiger charge is -2.37. The van der Waals surface area contributed by atoms with E-state index in [4.69, 9.17) is 42.4 Å². The third kappa shape index (κ3) is 8.54. The van der Waals surface area contributed by atoms with E-state index in [1.54, 1.807) is 78.9 Å². The van der Waals surface area contributed by atoms with Crippen LogP contribution in [0.5, 0.6) is 11.5 Å². The fourth-order valence-corrected chi connectivity index (χ4v) is 7.53. The van der Waals surface area contributed by atoms with Crippen LogP contribution >= 0.6 is 23.2 Å². The van der Waals surface area contributed by atoms with Gasteiger partial charge < -0.3 is 34.5 Å². The third-order valence-electron chi connectivity index (χ3n) is 10.4. The van der Waals surface area contributed by atoms with Crippen LogP contribution in [0.2, 0.25) is 10.0 Å². The Morgan fingerprint density at radius 2 is 1.62 bits per heavy atom. The maximum Gasteiger partial charge on any atom is 0.326 e. The fourth-order valence-electron chi connectivity index (χ4n) is 7.21. The number of aliphatic carboxylic acids is 1. The molecule has 0 fully saturated rings. The number of anilines is 1. The molecule has 0 aliphatic carbocycles. The molecule has 0 spiro atoms. The van der Waals surface area contributed by atoms with E-state index >= 15 is 0 Å². The van der Waals surface area contributed by atoms with Crippen LogP contribution in [0, 0.1) is 11.3 Å². The Kier molecular flexibility index (Phi) is 11.3. The Hall–Kier alpha value is -7.07. The average Bonchev–Trinajstić information content (AvgIpc) is 3.81. The fraction of sp³-hybridized carbons (Fsp3) is 0.152. The summed E-state index contributed by atoms with van der Waals surface area (Å²) in [6, 6.07) is 32.8. The second-order valence-electron chi connectivity index (χ2n) is 14.3. The van der Waals surface area contributed by atoms with Crippen molar-refractivity contribution in [2.45, 2.75) is 44.2 Å². The number of hydrogen-bond acceptors (Lipinski definition) is 8. The van der Waals surface area contributed by atoms with E-state index in [1.807, 2.05) is 30.3 Å². The molecule has 2 aliphatic heterocycles. The van der Waals surface area contributed by atoms with Crippen molar-refractivity contribution in [1.29, 1.82) is 5.26 Å². The summed E-state index contributed by atoms with van der Waals surface area (Å²) in [6.07, 6.45) is 0.378. The van der Waals surface area contributed by atoms with Crippen LogP contribution in [0.25, 0.3) is 11.1 Å². The number of fused-ring (bicyclic) bond motifs is 2. The molecule has 0 saturated carbocycles. The van der Waals surface area contributed by atoms with Crippen molar-refractivity contribution in [3.8, 4) is 28.7 Å². The highest BCUT2D eigenvalue weighted by Crippen LogP contribution is 2.40. The molecule has 6 aromatic rings. The lowest BCUT2D eigenvalue weighted by Crippen LogP contribution is -2.55. The molecule has 14 heteroatoms. The van der Waals surface area contributed by atoms with Crippen LogP contribution in [0.3, 0.4) is 0 Å². The van der Waals surface area contributed by atoms with Crippen LogP contribution < -0.4 is 20.1 Å². The van der Waals surface area contributed by atoms with Crippen LogP contribution in [-0.2, 0) is 40.4 Å². The number of carboxylic acids is 1. The maximum absolute atomic E-state index is 14.1. The predicted octanol–water partition coefficient (Wildman–Crippen LogP) is 8.16. The van der Waals surface area contributed by atoms with E-state index in [0.717, 1.165) is 16.7 Å². The average molecular weight is 842 g/mol. The summed E-state index contributed by atoms with van der Waals surface area (Å²) in [6.45, 7) is 0.232. The SMILES string of the molecule is N#Cc1ccc(-c2ccc(CC(NC(=O)[C@@H]3Cc4cc5c(cc4CN3C(=O)c3ccco3)O[C@@H](c3ccc(OCc4ccc(Cl)c(Cl)c4)cc3)C(=O)N5)C(=O)O)cc2)cc1. The Morgan fingerprint density at radius 1 is 0.900 bits per heavy atom. The van der Waals surface area contributed by atoms with Gasteiger partial charge in [-0.05, 0) is 94.0 Å². The minimum atomic E-state index is -1.31. The molecule has 3 amide bonds. The molecule has 8 rings (SSSR count). The molecule has 60 heavy (non-hydrogen) atoms. The Balaban J connectivity index is 0.981. The van der Waals surface area contributed by atoms with Crippen LogP contribution in [0.1, 0.15) is 50.0 Å². The number of halogens is 2. The molecule has 5 aromatic carbocycles. The first-order valence-corrected chi connectivity index (χ1v) is 19.6.